The van der Waals surface area contributed by atoms with E-state index in [4.69, 9.17) is 17.5 Å². The summed E-state index contributed by atoms with van der Waals surface area (Å²) < 4.78 is 20.2. The zero-order chi connectivity index (χ0) is 52.9. The third kappa shape index (κ3) is 13.0. The topological polar surface area (TPSA) is 51.6 Å². The minimum Gasteiger partial charge on any atom is -0.224 e. The summed E-state index contributed by atoms with van der Waals surface area (Å²) in [5.41, 5.74) is 11.3. The largest absolute Gasteiger partial charge is 0.224 e. The smallest absolute Gasteiger partial charge is 0.0572 e. The van der Waals surface area contributed by atoms with Gasteiger partial charge in [0.2, 0.25) is 0 Å². The molecule has 1 aliphatic rings. The summed E-state index contributed by atoms with van der Waals surface area (Å²) in [5, 5.41) is 0. The van der Waals surface area contributed by atoms with Gasteiger partial charge in [-0.1, -0.05) is 167 Å². The molecule has 0 saturated carbocycles. The Balaban J connectivity index is 0.00000378. The van der Waals surface area contributed by atoms with Crippen molar-refractivity contribution >= 4 is 114 Å². The molecule has 14 heteroatoms. The first kappa shape index (κ1) is 61.2. The van der Waals surface area contributed by atoms with Crippen molar-refractivity contribution < 1.29 is 42.1 Å². The van der Waals surface area contributed by atoms with E-state index in [1.54, 1.807) is 11.1 Å². The molecule has 4 nitrogen and oxygen atoms in total. The Kier molecular flexibility index (Phi) is 22.1. The molecule has 8 heterocycles. The standard InChI is InChI=1S/C65H72N4S8.2W/c1-7-13-17-19-23-43-25-31-53(70-43)55-35-33-51(72-55)45-27-29-47(61-59(45)66-76-68-61)57-37-49-63(74-57)64-50(65(49,39-41(11-5)21-15-9-3)40-42(12-6)22-16-10-4)38-58(75-64)48-30-28-46(60-62(48)69-77-67-60)52-34-36-56(73-52)54-32-26-44(71-54)24-20-18-14-8-2;;/h25-26,29-38,41-42H,7-24,39-40H2,1-6H3;;/q-2;;. The number of rotatable bonds is 28. The predicted octanol–water partition coefficient (Wildman–Crippen LogP) is 23.4. The minimum atomic E-state index is -0.0989. The van der Waals surface area contributed by atoms with Crippen molar-refractivity contribution in [1.82, 2.24) is 17.5 Å². The van der Waals surface area contributed by atoms with Crippen LogP contribution < -0.4 is 0 Å². The average molecular weight is 1530 g/mol. The van der Waals surface area contributed by atoms with Crippen molar-refractivity contribution in [3.8, 4) is 71.0 Å². The average Bonchev–Trinajstić information content (AvgIpc) is 3.39. The molecule has 0 bridgehead atoms. The minimum absolute atomic E-state index is 0. The van der Waals surface area contributed by atoms with Crippen molar-refractivity contribution in [2.75, 3.05) is 0 Å². The number of nitrogens with zero attached hydrogens (tertiary/aromatic N) is 4. The van der Waals surface area contributed by atoms with Gasteiger partial charge in [-0.05, 0) is 117 Å². The molecule has 0 fully saturated rings. The van der Waals surface area contributed by atoms with Crippen LogP contribution in [0.25, 0.3) is 93.1 Å². The van der Waals surface area contributed by atoms with Gasteiger partial charge in [0.15, 0.2) is 0 Å². The molecule has 2 aromatic carbocycles. The van der Waals surface area contributed by atoms with Crippen molar-refractivity contribution in [2.24, 2.45) is 11.8 Å². The van der Waals surface area contributed by atoms with E-state index in [0.29, 0.717) is 11.8 Å². The second kappa shape index (κ2) is 28.5. The molecule has 10 aromatic rings. The van der Waals surface area contributed by atoms with Gasteiger partial charge in [0, 0.05) is 109 Å². The molecular formula is C65H72N4S8W2-2. The van der Waals surface area contributed by atoms with Crippen LogP contribution >= 0.6 is 91.5 Å². The number of unbranched alkanes of at least 4 members (excludes halogenated alkanes) is 8. The molecule has 0 aliphatic heterocycles. The van der Waals surface area contributed by atoms with Crippen LogP contribution in [0.15, 0.2) is 72.8 Å². The Morgan fingerprint density at radius 1 is 0.418 bits per heavy atom. The SMILES string of the molecule is CCCCCCc1ccc(-c2ccc(-c3[c-]cc(-c4cc5c(s4)-c4sc(-c6c[c-]c(-c7ccc(-c8ccc(CCCCCC)s8)s7)c7nsnc67)cc4C5(CC(CC)CCCC)CC(CC)CCCC)c4nsnc34)s2)s1.[W].[W]. The molecule has 2 atom stereocenters. The molecule has 0 spiro atoms. The fraction of sp³-hybridized carbons (Fsp3) is 0.446. The number of benzene rings is 2. The Morgan fingerprint density at radius 2 is 0.810 bits per heavy atom. The number of hydrogen-bond acceptors (Lipinski definition) is 12. The number of hydrogen-bond donors (Lipinski definition) is 0. The molecule has 0 N–H and O–H groups in total. The van der Waals surface area contributed by atoms with Gasteiger partial charge in [-0.2, -0.15) is 31.4 Å². The predicted molar refractivity (Wildman–Crippen MR) is 344 cm³/mol. The third-order valence-corrected chi connectivity index (χ3v) is 24.8. The molecular weight excluding hydrogens is 1460 g/mol. The second-order valence-corrected chi connectivity index (χ2v) is 29.3. The maximum absolute atomic E-state index is 5.09. The normalized spacial score (nSPS) is 13.5. The number of thiophene rings is 6. The van der Waals surface area contributed by atoms with Crippen molar-refractivity contribution in [2.45, 2.75) is 175 Å². The zero-order valence-corrected chi connectivity index (χ0v) is 59.0. The van der Waals surface area contributed by atoms with Crippen LogP contribution in [0, 0.1) is 24.0 Å². The molecule has 11 rings (SSSR count). The van der Waals surface area contributed by atoms with Crippen molar-refractivity contribution in [3.63, 3.8) is 0 Å². The van der Waals surface area contributed by atoms with Crippen LogP contribution in [0.5, 0.6) is 0 Å². The summed E-state index contributed by atoms with van der Waals surface area (Å²) in [4.78, 5) is 16.2. The van der Waals surface area contributed by atoms with Crippen molar-refractivity contribution in [3.05, 3.63) is 106 Å². The second-order valence-electron chi connectivity index (χ2n) is 21.6. The van der Waals surface area contributed by atoms with Gasteiger partial charge in [0.1, 0.15) is 0 Å². The van der Waals surface area contributed by atoms with E-state index in [0.717, 1.165) is 44.3 Å². The van der Waals surface area contributed by atoms with Crippen LogP contribution in [0.1, 0.15) is 178 Å². The maximum atomic E-state index is 5.09. The van der Waals surface area contributed by atoms with Crippen LogP contribution in [0.3, 0.4) is 0 Å². The molecule has 8 aromatic heterocycles. The van der Waals surface area contributed by atoms with Gasteiger partial charge in [-0.15, -0.1) is 80.7 Å². The fourth-order valence-corrected chi connectivity index (χ4v) is 20.1. The number of fused-ring (bicyclic) bond motifs is 5. The molecule has 0 radical (unpaired) electrons. The van der Waals surface area contributed by atoms with Gasteiger partial charge in [-0.25, -0.2) is 8.75 Å². The number of aromatic nitrogens is 4. The summed E-state index contributed by atoms with van der Waals surface area (Å²) in [6, 6.07) is 35.8. The Morgan fingerprint density at radius 3 is 1.23 bits per heavy atom. The van der Waals surface area contributed by atoms with Crippen LogP contribution in [0.4, 0.5) is 0 Å². The summed E-state index contributed by atoms with van der Waals surface area (Å²) in [5.74, 6) is 1.27. The molecule has 2 unspecified atom stereocenters. The first-order valence-corrected chi connectivity index (χ1v) is 35.2. The molecule has 79 heavy (non-hydrogen) atoms. The van der Waals surface area contributed by atoms with E-state index in [1.807, 2.05) is 68.0 Å². The van der Waals surface area contributed by atoms with Gasteiger partial charge in [-0.3, -0.25) is 0 Å². The quantitative estimate of drug-likeness (QED) is 0.0362. The van der Waals surface area contributed by atoms with E-state index in [-0.39, 0.29) is 47.5 Å². The van der Waals surface area contributed by atoms with Crippen LogP contribution in [-0.2, 0) is 60.4 Å². The fourth-order valence-electron chi connectivity index (χ4n) is 12.0. The van der Waals surface area contributed by atoms with E-state index in [9.17, 15) is 0 Å². The van der Waals surface area contributed by atoms with E-state index >= 15 is 0 Å². The van der Waals surface area contributed by atoms with Gasteiger partial charge in [0.05, 0.1) is 23.5 Å². The van der Waals surface area contributed by atoms with E-state index in [1.165, 1.54) is 210 Å². The van der Waals surface area contributed by atoms with Gasteiger partial charge in [0.25, 0.3) is 0 Å². The Bertz CT molecular complexity index is 3310. The first-order chi connectivity index (χ1) is 37.9. The summed E-state index contributed by atoms with van der Waals surface area (Å²) >= 11 is 14.2. The van der Waals surface area contributed by atoms with Crippen molar-refractivity contribution in [1.29, 1.82) is 0 Å². The molecule has 1 aliphatic carbocycles. The monoisotopic (exact) mass is 1530 g/mol. The van der Waals surface area contributed by atoms with Crippen LogP contribution in [0.2, 0.25) is 0 Å². The summed E-state index contributed by atoms with van der Waals surface area (Å²) in [6.07, 6.45) is 25.0. The maximum Gasteiger partial charge on any atom is 0.0572 e. The first-order valence-electron chi connectivity index (χ1n) is 28.9. The molecule has 0 saturated heterocycles. The summed E-state index contributed by atoms with van der Waals surface area (Å²) in [6.45, 7) is 14.2. The van der Waals surface area contributed by atoms with Crippen LogP contribution in [-0.4, -0.2) is 17.5 Å². The van der Waals surface area contributed by atoms with E-state index in [2.05, 4.69) is 126 Å². The van der Waals surface area contributed by atoms with Gasteiger partial charge < -0.3 is 0 Å². The summed E-state index contributed by atoms with van der Waals surface area (Å²) in [7, 11) is 0. The molecule has 414 valence electrons. The Hall–Kier alpha value is -2.34. The van der Waals surface area contributed by atoms with E-state index < -0.39 is 0 Å². The van der Waals surface area contributed by atoms with Gasteiger partial charge >= 0.3 is 0 Å². The number of aryl methyl sites for hydroxylation is 2. The Labute approximate surface area is 531 Å². The zero-order valence-electron chi connectivity index (χ0n) is 46.6. The third-order valence-electron chi connectivity index (χ3n) is 16.3. The molecule has 0 amide bonds.